The monoisotopic (exact) mass is 577 g/mol. The van der Waals surface area contributed by atoms with Crippen molar-refractivity contribution >= 4 is 29.4 Å². The van der Waals surface area contributed by atoms with E-state index in [9.17, 15) is 14.0 Å². The number of fused-ring (bicyclic) bond motifs is 1. The summed E-state index contributed by atoms with van der Waals surface area (Å²) in [4.78, 5) is 31.8. The smallest absolute Gasteiger partial charge is 0.329 e. The van der Waals surface area contributed by atoms with Crippen LogP contribution in [0.4, 0.5) is 19.4 Å². The minimum absolute atomic E-state index is 0.0241. The van der Waals surface area contributed by atoms with Crippen molar-refractivity contribution in [1.29, 1.82) is 0 Å². The number of halogens is 3. The Morgan fingerprint density at radius 2 is 1.85 bits per heavy atom. The van der Waals surface area contributed by atoms with E-state index in [1.807, 2.05) is 30.3 Å². The lowest BCUT2D eigenvalue weighted by Crippen LogP contribution is -2.50. The molecule has 2 aliphatic rings. The zero-order valence-corrected chi connectivity index (χ0v) is 22.9. The maximum Gasteiger partial charge on any atom is 0.329 e. The summed E-state index contributed by atoms with van der Waals surface area (Å²) in [6, 6.07) is 15.2. The maximum atomic E-state index is 15.8. The molecule has 0 unspecified atom stereocenters. The molecule has 0 atom stereocenters. The first-order valence-electron chi connectivity index (χ1n) is 13.1. The van der Waals surface area contributed by atoms with Gasteiger partial charge in [-0.15, -0.1) is 0 Å². The van der Waals surface area contributed by atoms with Crippen LogP contribution in [0, 0.1) is 11.6 Å². The number of hydrogen-bond donors (Lipinski definition) is 1. The van der Waals surface area contributed by atoms with Crippen LogP contribution in [0.5, 0.6) is 5.75 Å². The number of anilines is 1. The molecule has 1 saturated heterocycles. The van der Waals surface area contributed by atoms with E-state index in [0.717, 1.165) is 11.1 Å². The molecule has 210 valence electrons. The fourth-order valence-electron chi connectivity index (χ4n) is 5.24. The van der Waals surface area contributed by atoms with Crippen LogP contribution in [0.25, 0.3) is 11.4 Å². The van der Waals surface area contributed by atoms with Gasteiger partial charge in [0.25, 0.3) is 0 Å². The minimum Gasteiger partial charge on any atom is -0.489 e. The first-order valence-corrected chi connectivity index (χ1v) is 13.5. The third-order valence-corrected chi connectivity index (χ3v) is 7.78. The van der Waals surface area contributed by atoms with Crippen molar-refractivity contribution in [2.45, 2.75) is 32.7 Å². The van der Waals surface area contributed by atoms with Crippen LogP contribution >= 0.6 is 11.6 Å². The van der Waals surface area contributed by atoms with E-state index in [4.69, 9.17) is 16.3 Å². The van der Waals surface area contributed by atoms with Crippen LogP contribution in [0.15, 0.2) is 60.8 Å². The quantitative estimate of drug-likeness (QED) is 0.311. The number of ether oxygens (including phenoxy) is 1. The van der Waals surface area contributed by atoms with E-state index >= 15 is 4.39 Å². The molecule has 3 amide bonds. The Bertz CT molecular complexity index is 1640. The predicted molar refractivity (Wildman–Crippen MR) is 149 cm³/mol. The van der Waals surface area contributed by atoms with Crippen molar-refractivity contribution in [3.63, 3.8) is 0 Å². The molecule has 0 saturated carbocycles. The molecule has 1 N–H and O–H groups in total. The van der Waals surface area contributed by atoms with Crippen molar-refractivity contribution in [1.82, 2.24) is 19.8 Å². The number of urea groups is 1. The summed E-state index contributed by atoms with van der Waals surface area (Å²) >= 11 is 6.08. The van der Waals surface area contributed by atoms with Crippen molar-refractivity contribution in [2.75, 3.05) is 11.4 Å². The lowest BCUT2D eigenvalue weighted by atomic mass is 10.0. The highest BCUT2D eigenvalue weighted by atomic mass is 35.5. The van der Waals surface area contributed by atoms with Crippen molar-refractivity contribution in [2.24, 2.45) is 7.05 Å². The summed E-state index contributed by atoms with van der Waals surface area (Å²) in [5.41, 5.74) is 3.22. The third kappa shape index (κ3) is 5.28. The summed E-state index contributed by atoms with van der Waals surface area (Å²) < 4.78 is 37.2. The standard InChI is InChI=1S/C30H26ClF2N5O3/c1-36-27(38-12-11-26(39)35-30(38)40)13-34-29(36)21-10-7-19-15-37(16-22(19)28(21)33)14-18-5-8-20(9-6-18)41-17-23-24(31)3-2-4-25(23)32/h2-10,13H,11-12,14-17H2,1H3,(H,35,39,40). The molecule has 8 nitrogen and oxygen atoms in total. The number of benzene rings is 3. The van der Waals surface area contributed by atoms with E-state index in [0.29, 0.717) is 58.7 Å². The summed E-state index contributed by atoms with van der Waals surface area (Å²) in [6.45, 7) is 1.91. The normalized spacial score (nSPS) is 15.3. The molecule has 0 spiro atoms. The van der Waals surface area contributed by atoms with Crippen molar-refractivity contribution < 1.29 is 23.1 Å². The molecule has 3 aromatic carbocycles. The molecule has 6 rings (SSSR count). The van der Waals surface area contributed by atoms with Gasteiger partial charge < -0.3 is 9.30 Å². The van der Waals surface area contributed by atoms with Crippen molar-refractivity contribution in [3.8, 4) is 17.1 Å². The van der Waals surface area contributed by atoms with Crippen LogP contribution in [-0.4, -0.2) is 32.9 Å². The number of imide groups is 1. The Labute approximate surface area is 240 Å². The number of rotatable bonds is 7. The van der Waals surface area contributed by atoms with Crippen LogP contribution in [-0.2, 0) is 38.1 Å². The Morgan fingerprint density at radius 1 is 1.05 bits per heavy atom. The number of imidazole rings is 1. The number of carbonyl (C=O) groups excluding carboxylic acids is 2. The molecule has 0 aliphatic carbocycles. The Hall–Kier alpha value is -4.28. The molecule has 2 aliphatic heterocycles. The van der Waals surface area contributed by atoms with Crippen LogP contribution < -0.4 is 15.0 Å². The third-order valence-electron chi connectivity index (χ3n) is 7.43. The first kappa shape index (κ1) is 26.9. The summed E-state index contributed by atoms with van der Waals surface area (Å²) in [5, 5.41) is 2.62. The highest BCUT2D eigenvalue weighted by molar-refractivity contribution is 6.31. The number of nitrogens with zero attached hydrogens (tertiary/aromatic N) is 4. The van der Waals surface area contributed by atoms with Gasteiger partial charge in [0.2, 0.25) is 5.91 Å². The van der Waals surface area contributed by atoms with Gasteiger partial charge in [0, 0.05) is 50.8 Å². The number of carbonyl (C=O) groups is 2. The molecule has 1 fully saturated rings. The second-order valence-electron chi connectivity index (χ2n) is 10.1. The molecule has 41 heavy (non-hydrogen) atoms. The van der Waals surface area contributed by atoms with Gasteiger partial charge in [0.1, 0.15) is 35.6 Å². The van der Waals surface area contributed by atoms with Gasteiger partial charge in [-0.1, -0.05) is 35.9 Å². The summed E-state index contributed by atoms with van der Waals surface area (Å²) in [6.07, 6.45) is 1.70. The fourth-order valence-corrected chi connectivity index (χ4v) is 5.46. The summed E-state index contributed by atoms with van der Waals surface area (Å²) in [5.74, 6) is 0.410. The lowest BCUT2D eigenvalue weighted by Gasteiger charge is -2.26. The first-order chi connectivity index (χ1) is 19.8. The number of nitrogens with one attached hydrogen (secondary N) is 1. The largest absolute Gasteiger partial charge is 0.489 e. The SMILES string of the molecule is Cn1c(N2CCC(=O)NC2=O)cnc1-c1ccc2c(c1F)CN(Cc1ccc(OCc3c(F)cccc3Cl)cc1)C2. The van der Waals surface area contributed by atoms with Gasteiger partial charge >= 0.3 is 6.03 Å². The van der Waals surface area contributed by atoms with Crippen LogP contribution in [0.3, 0.4) is 0 Å². The van der Waals surface area contributed by atoms with Gasteiger partial charge in [-0.3, -0.25) is 19.9 Å². The van der Waals surface area contributed by atoms with Gasteiger partial charge in [0.05, 0.1) is 16.8 Å². The molecule has 3 heterocycles. The van der Waals surface area contributed by atoms with E-state index in [2.05, 4.69) is 15.2 Å². The zero-order chi connectivity index (χ0) is 28.7. The Kier molecular flexibility index (Phi) is 7.19. The average molecular weight is 578 g/mol. The minimum atomic E-state index is -0.519. The van der Waals surface area contributed by atoms with Crippen LogP contribution in [0.1, 0.15) is 28.7 Å². The second kappa shape index (κ2) is 10.9. The molecule has 1 aromatic heterocycles. The molecular formula is C30H26ClF2N5O3. The second-order valence-corrected chi connectivity index (χ2v) is 10.5. The Morgan fingerprint density at radius 3 is 2.61 bits per heavy atom. The number of amides is 3. The zero-order valence-electron chi connectivity index (χ0n) is 22.2. The Balaban J connectivity index is 1.12. The van der Waals surface area contributed by atoms with Gasteiger partial charge in [0.15, 0.2) is 0 Å². The van der Waals surface area contributed by atoms with Crippen LogP contribution in [0.2, 0.25) is 5.02 Å². The van der Waals surface area contributed by atoms with E-state index in [1.165, 1.54) is 17.2 Å². The van der Waals surface area contributed by atoms with Gasteiger partial charge in [-0.25, -0.2) is 18.6 Å². The average Bonchev–Trinajstić information content (AvgIpc) is 3.53. The maximum absolute atomic E-state index is 15.8. The van der Waals surface area contributed by atoms with Gasteiger partial charge in [-0.2, -0.15) is 0 Å². The number of aromatic nitrogens is 2. The van der Waals surface area contributed by atoms with E-state index in [1.54, 1.807) is 29.8 Å². The van der Waals surface area contributed by atoms with Crippen molar-refractivity contribution in [3.05, 3.63) is 99.7 Å². The topological polar surface area (TPSA) is 79.7 Å². The van der Waals surface area contributed by atoms with E-state index < -0.39 is 11.8 Å². The summed E-state index contributed by atoms with van der Waals surface area (Å²) in [7, 11) is 1.72. The highest BCUT2D eigenvalue weighted by Crippen LogP contribution is 2.34. The number of hydrogen-bond acceptors (Lipinski definition) is 5. The molecule has 4 aromatic rings. The lowest BCUT2D eigenvalue weighted by molar-refractivity contribution is -0.120. The fraction of sp³-hybridized carbons (Fsp3) is 0.233. The predicted octanol–water partition coefficient (Wildman–Crippen LogP) is 5.56. The van der Waals surface area contributed by atoms with Gasteiger partial charge in [-0.05, 0) is 41.5 Å². The molecule has 0 radical (unpaired) electrons. The molecule has 11 heteroatoms. The van der Waals surface area contributed by atoms with E-state index in [-0.39, 0.29) is 31.3 Å². The molecule has 0 bridgehead atoms. The molecular weight excluding hydrogens is 552 g/mol. The highest BCUT2D eigenvalue weighted by Gasteiger charge is 2.29.